The average molecular weight is 389 g/mol. The number of carboxylic acid groups (broad SMARTS) is 1. The number of nitrogens with zero attached hydrogens (tertiary/aromatic N) is 3. The molecule has 154 valence electrons. The summed E-state index contributed by atoms with van der Waals surface area (Å²) in [7, 11) is 1.89. The maximum atomic E-state index is 13.2. The molecule has 2 aliphatic heterocycles. The summed E-state index contributed by atoms with van der Waals surface area (Å²) in [5.74, 6) is 0.384. The fourth-order valence-electron chi connectivity index (χ4n) is 4.58. The molecule has 0 saturated carbocycles. The fourth-order valence-corrected chi connectivity index (χ4v) is 4.58. The molecule has 1 aromatic rings. The van der Waals surface area contributed by atoms with Gasteiger partial charge in [0, 0.05) is 32.3 Å². The second-order valence-electron chi connectivity index (χ2n) is 8.01. The Bertz CT molecular complexity index is 714. The van der Waals surface area contributed by atoms with Gasteiger partial charge in [-0.05, 0) is 56.8 Å². The number of aliphatic carboxylic acids is 1. The standard InChI is InChI=1S/C21H32N4O3/c1-3-16-5-6-17(23-19(16)22-2)7-12-25-11-4-8-21(20(25)28)9-13-24(14-10-21)15-18(26)27/h5-6H,3-4,7-15H2,1-2H3,(H,22,23)(H,26,27). The number of anilines is 1. The molecule has 3 rings (SSSR count). The number of carbonyl (C=O) groups excluding carboxylic acids is 1. The van der Waals surface area contributed by atoms with Crippen LogP contribution < -0.4 is 5.32 Å². The van der Waals surface area contributed by atoms with Crippen LogP contribution in [-0.2, 0) is 22.4 Å². The lowest BCUT2D eigenvalue weighted by molar-refractivity contribution is -0.150. The minimum atomic E-state index is -0.796. The van der Waals surface area contributed by atoms with Crippen molar-refractivity contribution in [3.05, 3.63) is 23.4 Å². The van der Waals surface area contributed by atoms with Gasteiger partial charge in [0.05, 0.1) is 12.0 Å². The third-order valence-corrected chi connectivity index (χ3v) is 6.29. The zero-order valence-electron chi connectivity index (χ0n) is 17.0. The van der Waals surface area contributed by atoms with Crippen molar-refractivity contribution in [1.82, 2.24) is 14.8 Å². The molecule has 7 nitrogen and oxygen atoms in total. The van der Waals surface area contributed by atoms with Crippen molar-refractivity contribution in [2.24, 2.45) is 5.41 Å². The van der Waals surface area contributed by atoms with E-state index in [9.17, 15) is 9.59 Å². The molecule has 1 aromatic heterocycles. The second-order valence-corrected chi connectivity index (χ2v) is 8.01. The van der Waals surface area contributed by atoms with E-state index in [0.717, 1.165) is 56.6 Å². The Morgan fingerprint density at radius 2 is 2.00 bits per heavy atom. The highest BCUT2D eigenvalue weighted by Crippen LogP contribution is 2.40. The van der Waals surface area contributed by atoms with Gasteiger partial charge in [-0.3, -0.25) is 14.5 Å². The second kappa shape index (κ2) is 8.90. The molecular formula is C21H32N4O3. The topological polar surface area (TPSA) is 85.8 Å². The van der Waals surface area contributed by atoms with E-state index >= 15 is 0 Å². The highest BCUT2D eigenvalue weighted by Gasteiger charge is 2.45. The molecule has 1 amide bonds. The Kier molecular flexibility index (Phi) is 6.54. The molecular weight excluding hydrogens is 356 g/mol. The first-order valence-corrected chi connectivity index (χ1v) is 10.4. The third-order valence-electron chi connectivity index (χ3n) is 6.29. The number of carbonyl (C=O) groups is 2. The highest BCUT2D eigenvalue weighted by molar-refractivity contribution is 5.83. The maximum Gasteiger partial charge on any atom is 0.317 e. The SMILES string of the molecule is CCc1ccc(CCN2CCCC3(CCN(CC(=O)O)CC3)C2=O)nc1NC. The Balaban J connectivity index is 1.60. The Labute approximate surface area is 167 Å². The summed E-state index contributed by atoms with van der Waals surface area (Å²) in [6.07, 6.45) is 5.18. The van der Waals surface area contributed by atoms with Crippen molar-refractivity contribution in [1.29, 1.82) is 0 Å². The minimum Gasteiger partial charge on any atom is -0.480 e. The summed E-state index contributed by atoms with van der Waals surface area (Å²) in [4.78, 5) is 32.8. The van der Waals surface area contributed by atoms with E-state index in [0.29, 0.717) is 19.6 Å². The molecule has 1 spiro atoms. The normalized spacial score (nSPS) is 19.8. The van der Waals surface area contributed by atoms with Crippen LogP contribution in [0.3, 0.4) is 0 Å². The number of pyridine rings is 1. The monoisotopic (exact) mass is 388 g/mol. The predicted octanol–water partition coefficient (Wildman–Crippen LogP) is 2.02. The molecule has 0 aromatic carbocycles. The number of aryl methyl sites for hydroxylation is 1. The van der Waals surface area contributed by atoms with Crippen LogP contribution in [0, 0.1) is 5.41 Å². The van der Waals surface area contributed by atoms with Gasteiger partial charge in [-0.25, -0.2) is 4.98 Å². The summed E-state index contributed by atoms with van der Waals surface area (Å²) in [5.41, 5.74) is 1.92. The van der Waals surface area contributed by atoms with Crippen LogP contribution in [0.4, 0.5) is 5.82 Å². The fraction of sp³-hybridized carbons (Fsp3) is 0.667. The van der Waals surface area contributed by atoms with Gasteiger partial charge in [0.2, 0.25) is 5.91 Å². The number of nitrogens with one attached hydrogen (secondary N) is 1. The Morgan fingerprint density at radius 3 is 2.64 bits per heavy atom. The third kappa shape index (κ3) is 4.46. The smallest absolute Gasteiger partial charge is 0.317 e. The molecule has 7 heteroatoms. The zero-order chi connectivity index (χ0) is 20.1. The number of amides is 1. The predicted molar refractivity (Wildman–Crippen MR) is 108 cm³/mol. The van der Waals surface area contributed by atoms with Crippen LogP contribution in [0.25, 0.3) is 0 Å². The molecule has 28 heavy (non-hydrogen) atoms. The molecule has 2 saturated heterocycles. The van der Waals surface area contributed by atoms with E-state index in [1.165, 1.54) is 5.56 Å². The number of aromatic nitrogens is 1. The highest BCUT2D eigenvalue weighted by atomic mass is 16.4. The summed E-state index contributed by atoms with van der Waals surface area (Å²) in [6.45, 7) is 5.08. The lowest BCUT2D eigenvalue weighted by Crippen LogP contribution is -2.54. The van der Waals surface area contributed by atoms with Gasteiger partial charge in [-0.2, -0.15) is 0 Å². The van der Waals surface area contributed by atoms with Crippen LogP contribution in [-0.4, -0.2) is 71.5 Å². The molecule has 2 N–H and O–H groups in total. The largest absolute Gasteiger partial charge is 0.480 e. The van der Waals surface area contributed by atoms with E-state index in [-0.39, 0.29) is 17.9 Å². The van der Waals surface area contributed by atoms with Crippen molar-refractivity contribution in [2.45, 2.75) is 45.4 Å². The number of piperidine rings is 2. The van der Waals surface area contributed by atoms with Gasteiger partial charge >= 0.3 is 5.97 Å². The first kappa shape index (κ1) is 20.6. The Hall–Kier alpha value is -2.15. The van der Waals surface area contributed by atoms with E-state index in [2.05, 4.69) is 24.4 Å². The molecule has 0 radical (unpaired) electrons. The summed E-state index contributed by atoms with van der Waals surface area (Å²) in [6, 6.07) is 4.18. The molecule has 3 heterocycles. The summed E-state index contributed by atoms with van der Waals surface area (Å²) >= 11 is 0. The van der Waals surface area contributed by atoms with E-state index in [1.54, 1.807) is 0 Å². The molecule has 0 atom stereocenters. The first-order valence-electron chi connectivity index (χ1n) is 10.4. The van der Waals surface area contributed by atoms with Crippen molar-refractivity contribution < 1.29 is 14.7 Å². The number of rotatable bonds is 7. The van der Waals surface area contributed by atoms with E-state index in [4.69, 9.17) is 10.1 Å². The van der Waals surface area contributed by atoms with Crippen molar-refractivity contribution in [3.8, 4) is 0 Å². The molecule has 0 aliphatic carbocycles. The van der Waals surface area contributed by atoms with Gasteiger partial charge in [-0.1, -0.05) is 13.0 Å². The van der Waals surface area contributed by atoms with Crippen LogP contribution >= 0.6 is 0 Å². The Morgan fingerprint density at radius 1 is 1.25 bits per heavy atom. The number of likely N-dealkylation sites (tertiary alicyclic amines) is 2. The lowest BCUT2D eigenvalue weighted by atomic mass is 9.71. The van der Waals surface area contributed by atoms with Gasteiger partial charge in [0.25, 0.3) is 0 Å². The van der Waals surface area contributed by atoms with Gasteiger partial charge in [-0.15, -0.1) is 0 Å². The summed E-state index contributed by atoms with van der Waals surface area (Å²) < 4.78 is 0. The quantitative estimate of drug-likeness (QED) is 0.743. The van der Waals surface area contributed by atoms with Gasteiger partial charge in [0.15, 0.2) is 0 Å². The number of carboxylic acids is 1. The first-order chi connectivity index (χ1) is 13.5. The average Bonchev–Trinajstić information content (AvgIpc) is 2.70. The van der Waals surface area contributed by atoms with Crippen molar-refractivity contribution in [2.75, 3.05) is 45.1 Å². The molecule has 2 aliphatic rings. The van der Waals surface area contributed by atoms with Crippen LogP contribution in [0.5, 0.6) is 0 Å². The van der Waals surface area contributed by atoms with Crippen molar-refractivity contribution >= 4 is 17.7 Å². The van der Waals surface area contributed by atoms with Gasteiger partial charge in [0.1, 0.15) is 5.82 Å². The zero-order valence-corrected chi connectivity index (χ0v) is 17.0. The van der Waals surface area contributed by atoms with Crippen LogP contribution in [0.1, 0.15) is 43.9 Å². The molecule has 2 fully saturated rings. The van der Waals surface area contributed by atoms with Crippen LogP contribution in [0.15, 0.2) is 12.1 Å². The van der Waals surface area contributed by atoms with Crippen LogP contribution in [0.2, 0.25) is 0 Å². The number of hydrogen-bond acceptors (Lipinski definition) is 5. The molecule has 0 unspecified atom stereocenters. The summed E-state index contributed by atoms with van der Waals surface area (Å²) in [5, 5.41) is 12.1. The number of hydrogen-bond donors (Lipinski definition) is 2. The maximum absolute atomic E-state index is 13.2. The molecule has 0 bridgehead atoms. The van der Waals surface area contributed by atoms with Crippen molar-refractivity contribution in [3.63, 3.8) is 0 Å². The van der Waals surface area contributed by atoms with E-state index in [1.807, 2.05) is 16.8 Å². The minimum absolute atomic E-state index is 0.0706. The lowest BCUT2D eigenvalue weighted by Gasteiger charge is -2.46. The van der Waals surface area contributed by atoms with Gasteiger partial charge < -0.3 is 15.3 Å². The van der Waals surface area contributed by atoms with E-state index < -0.39 is 5.97 Å².